The highest BCUT2D eigenvalue weighted by Crippen LogP contribution is 2.52. The van der Waals surface area contributed by atoms with Crippen LogP contribution in [0.25, 0.3) is 11.1 Å². The molecule has 154 valence electrons. The van der Waals surface area contributed by atoms with Crippen LogP contribution in [0.5, 0.6) is 0 Å². The lowest BCUT2D eigenvalue weighted by molar-refractivity contribution is 0.0824. The molecule has 7 nitrogen and oxygen atoms in total. The summed E-state index contributed by atoms with van der Waals surface area (Å²) in [6, 6.07) is 3.26. The molecule has 0 unspecified atom stereocenters. The molecule has 2 heterocycles. The van der Waals surface area contributed by atoms with Gasteiger partial charge in [-0.2, -0.15) is 0 Å². The SMILES string of the molecule is CN(C)C(=O)c1c(N)ccc(-c2cnc3c(c2Cl)[C@]2(CC[C@@H](NN)C2)CN3)c1F. The maximum absolute atomic E-state index is 15.4. The molecule has 1 aliphatic carbocycles. The molecule has 29 heavy (non-hydrogen) atoms. The predicted molar refractivity (Wildman–Crippen MR) is 112 cm³/mol. The minimum atomic E-state index is -0.694. The first-order valence-corrected chi connectivity index (χ1v) is 9.86. The predicted octanol–water partition coefficient (Wildman–Crippen LogP) is 2.50. The van der Waals surface area contributed by atoms with Crippen LogP contribution in [0.1, 0.15) is 35.2 Å². The van der Waals surface area contributed by atoms with Crippen LogP contribution < -0.4 is 22.3 Å². The lowest BCUT2D eigenvalue weighted by atomic mass is 9.80. The number of nitrogen functional groups attached to an aromatic ring is 1. The number of hydrogen-bond donors (Lipinski definition) is 4. The van der Waals surface area contributed by atoms with Crippen molar-refractivity contribution in [3.63, 3.8) is 0 Å². The number of hydrazine groups is 1. The maximum atomic E-state index is 15.4. The molecule has 1 fully saturated rings. The molecule has 4 rings (SSSR count). The van der Waals surface area contributed by atoms with E-state index in [0.29, 0.717) is 17.1 Å². The fourth-order valence-corrected chi connectivity index (χ4v) is 4.97. The Hall–Kier alpha value is -2.42. The van der Waals surface area contributed by atoms with E-state index in [-0.39, 0.29) is 28.3 Å². The highest BCUT2D eigenvalue weighted by atomic mass is 35.5. The van der Waals surface area contributed by atoms with Crippen LogP contribution in [0, 0.1) is 5.82 Å². The Labute approximate surface area is 173 Å². The Balaban J connectivity index is 1.85. The van der Waals surface area contributed by atoms with Gasteiger partial charge in [-0.1, -0.05) is 11.6 Å². The summed E-state index contributed by atoms with van der Waals surface area (Å²) in [5, 5.41) is 3.78. The molecule has 0 saturated heterocycles. The molecule has 1 saturated carbocycles. The zero-order chi connectivity index (χ0) is 20.9. The van der Waals surface area contributed by atoms with Gasteiger partial charge in [0.15, 0.2) is 0 Å². The number of carbonyl (C=O) groups is 1. The monoisotopic (exact) mass is 418 g/mol. The molecule has 1 spiro atoms. The van der Waals surface area contributed by atoms with Crippen molar-refractivity contribution < 1.29 is 9.18 Å². The van der Waals surface area contributed by atoms with Crippen molar-refractivity contribution in [1.29, 1.82) is 0 Å². The molecule has 2 atom stereocenters. The van der Waals surface area contributed by atoms with Crippen LogP contribution in [0.3, 0.4) is 0 Å². The van der Waals surface area contributed by atoms with Crippen molar-refractivity contribution in [2.75, 3.05) is 31.7 Å². The van der Waals surface area contributed by atoms with Gasteiger partial charge in [0.25, 0.3) is 5.91 Å². The van der Waals surface area contributed by atoms with Gasteiger partial charge in [-0.05, 0) is 31.4 Å². The van der Waals surface area contributed by atoms with E-state index in [1.54, 1.807) is 26.4 Å². The van der Waals surface area contributed by atoms with E-state index in [1.165, 1.54) is 11.0 Å². The fraction of sp³-hybridized carbons (Fsp3) is 0.400. The van der Waals surface area contributed by atoms with Crippen molar-refractivity contribution in [2.45, 2.75) is 30.7 Å². The Kier molecular flexibility index (Phi) is 4.88. The summed E-state index contributed by atoms with van der Waals surface area (Å²) in [5.41, 5.74) is 10.0. The first kappa shape index (κ1) is 19.9. The third-order valence-corrected chi connectivity index (χ3v) is 6.46. The topological polar surface area (TPSA) is 109 Å². The summed E-state index contributed by atoms with van der Waals surface area (Å²) in [4.78, 5) is 18.2. The Morgan fingerprint density at radius 3 is 2.83 bits per heavy atom. The molecular formula is C20H24ClFN6O. The summed E-state index contributed by atoms with van der Waals surface area (Å²) in [7, 11) is 3.10. The van der Waals surface area contributed by atoms with Crippen LogP contribution in [0.4, 0.5) is 15.9 Å². The van der Waals surface area contributed by atoms with Crippen molar-refractivity contribution in [1.82, 2.24) is 15.3 Å². The summed E-state index contributed by atoms with van der Waals surface area (Å²) in [6.45, 7) is 0.714. The van der Waals surface area contributed by atoms with Gasteiger partial charge >= 0.3 is 0 Å². The Morgan fingerprint density at radius 2 is 2.17 bits per heavy atom. The van der Waals surface area contributed by atoms with E-state index in [1.807, 2.05) is 0 Å². The van der Waals surface area contributed by atoms with Crippen LogP contribution in [-0.2, 0) is 5.41 Å². The molecule has 1 aliphatic heterocycles. The third kappa shape index (κ3) is 3.02. The van der Waals surface area contributed by atoms with E-state index in [9.17, 15) is 4.79 Å². The minimum Gasteiger partial charge on any atom is -0.398 e. The van der Waals surface area contributed by atoms with Crippen molar-refractivity contribution in [3.05, 3.63) is 40.3 Å². The van der Waals surface area contributed by atoms with Crippen molar-refractivity contribution in [2.24, 2.45) is 5.84 Å². The normalized spacial score (nSPS) is 22.6. The highest BCUT2D eigenvalue weighted by molar-refractivity contribution is 6.34. The summed E-state index contributed by atoms with van der Waals surface area (Å²) in [5.74, 6) is 5.17. The largest absolute Gasteiger partial charge is 0.398 e. The van der Waals surface area contributed by atoms with Crippen LogP contribution in [-0.4, -0.2) is 42.5 Å². The van der Waals surface area contributed by atoms with E-state index in [4.69, 9.17) is 23.2 Å². The van der Waals surface area contributed by atoms with Gasteiger partial charge in [-0.15, -0.1) is 0 Å². The van der Waals surface area contributed by atoms with Gasteiger partial charge in [0.05, 0.1) is 10.6 Å². The van der Waals surface area contributed by atoms with Gasteiger partial charge in [-0.3, -0.25) is 16.1 Å². The minimum absolute atomic E-state index is 0.0842. The number of nitrogens with zero attached hydrogens (tertiary/aromatic N) is 2. The Morgan fingerprint density at radius 1 is 1.41 bits per heavy atom. The molecular weight excluding hydrogens is 395 g/mol. The van der Waals surface area contributed by atoms with Crippen molar-refractivity contribution in [3.8, 4) is 11.1 Å². The molecule has 2 aliphatic rings. The van der Waals surface area contributed by atoms with Crippen molar-refractivity contribution >= 4 is 29.0 Å². The number of benzene rings is 1. The van der Waals surface area contributed by atoms with Gasteiger partial charge in [0, 0.05) is 60.7 Å². The number of rotatable bonds is 3. The molecule has 6 N–H and O–H groups in total. The number of carbonyl (C=O) groups excluding carboxylic acids is 1. The lowest BCUT2D eigenvalue weighted by Crippen LogP contribution is -2.35. The highest BCUT2D eigenvalue weighted by Gasteiger charge is 2.47. The Bertz CT molecular complexity index is 997. The number of halogens is 2. The number of aromatic nitrogens is 1. The van der Waals surface area contributed by atoms with Crippen LogP contribution in [0.15, 0.2) is 18.3 Å². The quantitative estimate of drug-likeness (QED) is 0.346. The third-order valence-electron chi connectivity index (χ3n) is 6.07. The summed E-state index contributed by atoms with van der Waals surface area (Å²) < 4.78 is 15.4. The van der Waals surface area contributed by atoms with Gasteiger partial charge in [-0.25, -0.2) is 9.37 Å². The molecule has 1 aromatic carbocycles. The molecule has 1 amide bonds. The molecule has 9 heteroatoms. The number of hydrogen-bond acceptors (Lipinski definition) is 6. The number of amides is 1. The maximum Gasteiger partial charge on any atom is 0.258 e. The number of nitrogens with two attached hydrogens (primary N) is 2. The molecule has 0 radical (unpaired) electrons. The van der Waals surface area contributed by atoms with Gasteiger partial charge < -0.3 is 16.0 Å². The number of nitrogens with one attached hydrogen (secondary N) is 2. The van der Waals surface area contributed by atoms with Gasteiger partial charge in [0.1, 0.15) is 11.6 Å². The zero-order valence-electron chi connectivity index (χ0n) is 16.4. The van der Waals surface area contributed by atoms with Gasteiger partial charge in [0.2, 0.25) is 0 Å². The molecule has 0 bridgehead atoms. The second kappa shape index (κ2) is 7.12. The molecule has 2 aromatic rings. The average molecular weight is 419 g/mol. The van der Waals surface area contributed by atoms with E-state index < -0.39 is 11.7 Å². The van der Waals surface area contributed by atoms with E-state index >= 15 is 4.39 Å². The lowest BCUT2D eigenvalue weighted by Gasteiger charge is -2.25. The first-order chi connectivity index (χ1) is 13.8. The average Bonchev–Trinajstić information content (AvgIpc) is 3.27. The summed E-state index contributed by atoms with van der Waals surface area (Å²) >= 11 is 6.83. The number of anilines is 2. The fourth-order valence-electron chi connectivity index (χ4n) is 4.53. The second-order valence-electron chi connectivity index (χ2n) is 8.04. The smallest absolute Gasteiger partial charge is 0.258 e. The van der Waals surface area contributed by atoms with E-state index in [2.05, 4.69) is 15.7 Å². The summed E-state index contributed by atoms with van der Waals surface area (Å²) in [6.07, 6.45) is 4.19. The zero-order valence-corrected chi connectivity index (χ0v) is 17.1. The standard InChI is InChI=1S/C20H24ClFN6O/c1-28(2)19(29)14-13(23)4-3-11(17(14)22)12-8-25-18-15(16(12)21)20(9-26-18)6-5-10(7-20)27-24/h3-4,8,10,27H,5-7,9,23-24H2,1-2H3,(H,25,26)/t10-,20+/m1/s1. The second-order valence-corrected chi connectivity index (χ2v) is 8.42. The number of pyridine rings is 1. The first-order valence-electron chi connectivity index (χ1n) is 9.48. The van der Waals surface area contributed by atoms with E-state index in [0.717, 1.165) is 30.6 Å². The van der Waals surface area contributed by atoms with Crippen LogP contribution >= 0.6 is 11.6 Å². The van der Waals surface area contributed by atoms with Crippen LogP contribution in [0.2, 0.25) is 5.02 Å². The molecule has 1 aromatic heterocycles. The number of fused-ring (bicyclic) bond motifs is 2.